The molecular formula is C26H28O16. The van der Waals surface area contributed by atoms with Crippen LogP contribution in [0.3, 0.4) is 0 Å². The highest BCUT2D eigenvalue weighted by atomic mass is 16.7. The second-order valence-corrected chi connectivity index (χ2v) is 9.76. The summed E-state index contributed by atoms with van der Waals surface area (Å²) in [5.74, 6) is -4.00. The molecule has 0 radical (unpaired) electrons. The molecule has 0 bridgehead atoms. The first-order valence-corrected chi connectivity index (χ1v) is 12.6. The molecule has 228 valence electrons. The molecule has 0 amide bonds. The quantitative estimate of drug-likeness (QED) is 0.142. The van der Waals surface area contributed by atoms with Crippen LogP contribution in [0, 0.1) is 0 Å². The van der Waals surface area contributed by atoms with E-state index >= 15 is 0 Å². The van der Waals surface area contributed by atoms with Crippen LogP contribution in [0.15, 0.2) is 39.5 Å². The molecule has 16 nitrogen and oxygen atoms in total. The first-order chi connectivity index (χ1) is 19.9. The molecule has 0 saturated carbocycles. The van der Waals surface area contributed by atoms with Crippen molar-refractivity contribution in [1.29, 1.82) is 0 Å². The Morgan fingerprint density at radius 2 is 1.43 bits per heavy atom. The van der Waals surface area contributed by atoms with E-state index in [9.17, 15) is 55.9 Å². The zero-order valence-electron chi connectivity index (χ0n) is 21.4. The lowest BCUT2D eigenvalue weighted by Crippen LogP contribution is -2.60. The minimum absolute atomic E-state index is 0.0830. The topological polar surface area (TPSA) is 269 Å². The summed E-state index contributed by atoms with van der Waals surface area (Å²) < 4.78 is 27.3. The molecule has 0 spiro atoms. The Labute approximate surface area is 235 Å². The highest BCUT2D eigenvalue weighted by Gasteiger charge is 2.46. The Balaban J connectivity index is 1.66. The van der Waals surface area contributed by atoms with Crippen LogP contribution < -0.4 is 14.9 Å². The zero-order valence-corrected chi connectivity index (χ0v) is 21.4. The lowest BCUT2D eigenvalue weighted by molar-refractivity contribution is -0.277. The van der Waals surface area contributed by atoms with E-state index in [1.54, 1.807) is 0 Å². The Hall–Kier alpha value is -3.71. The van der Waals surface area contributed by atoms with Gasteiger partial charge >= 0.3 is 0 Å². The number of hydrogen-bond acceptors (Lipinski definition) is 16. The number of fused-ring (bicyclic) bond motifs is 1. The van der Waals surface area contributed by atoms with Gasteiger partial charge in [0, 0.05) is 11.6 Å². The molecule has 42 heavy (non-hydrogen) atoms. The van der Waals surface area contributed by atoms with Crippen LogP contribution in [-0.2, 0) is 9.47 Å². The molecule has 3 aromatic rings. The van der Waals surface area contributed by atoms with Crippen molar-refractivity contribution in [2.24, 2.45) is 0 Å². The van der Waals surface area contributed by atoms with Crippen LogP contribution in [0.5, 0.6) is 28.7 Å². The molecule has 2 fully saturated rings. The smallest absolute Gasteiger partial charge is 0.229 e. The molecule has 2 aromatic carbocycles. The lowest BCUT2D eigenvalue weighted by Gasteiger charge is -2.39. The summed E-state index contributed by atoms with van der Waals surface area (Å²) in [6.07, 6.45) is -15.8. The predicted molar refractivity (Wildman–Crippen MR) is 136 cm³/mol. The average Bonchev–Trinajstić information content (AvgIpc) is 2.97. The van der Waals surface area contributed by atoms with Gasteiger partial charge in [0.2, 0.25) is 29.8 Å². The number of hydrogen-bond donors (Lipinski definition) is 10. The van der Waals surface area contributed by atoms with Crippen molar-refractivity contribution in [3.8, 4) is 40.1 Å². The third kappa shape index (κ3) is 5.19. The van der Waals surface area contributed by atoms with E-state index in [0.29, 0.717) is 0 Å². The highest BCUT2D eigenvalue weighted by Crippen LogP contribution is 2.51. The Bertz CT molecular complexity index is 1490. The van der Waals surface area contributed by atoms with E-state index in [-0.39, 0.29) is 17.1 Å². The average molecular weight is 596 g/mol. The van der Waals surface area contributed by atoms with E-state index in [1.807, 2.05) is 0 Å². The van der Waals surface area contributed by atoms with Crippen LogP contribution in [-0.4, -0.2) is 120 Å². The number of aliphatic hydroxyl groups is 7. The lowest BCUT2D eigenvalue weighted by atomic mass is 9.99. The summed E-state index contributed by atoms with van der Waals surface area (Å²) in [4.78, 5) is 13.3. The largest absolute Gasteiger partial charge is 0.508 e. The van der Waals surface area contributed by atoms with Crippen LogP contribution in [0.1, 0.15) is 0 Å². The third-order valence-electron chi connectivity index (χ3n) is 6.96. The first-order valence-electron chi connectivity index (χ1n) is 12.6. The van der Waals surface area contributed by atoms with Gasteiger partial charge in [0.25, 0.3) is 0 Å². The van der Waals surface area contributed by atoms with E-state index in [0.717, 1.165) is 6.07 Å². The summed E-state index contributed by atoms with van der Waals surface area (Å²) in [5.41, 5.74) is -1.20. The van der Waals surface area contributed by atoms with E-state index < -0.39 is 108 Å². The Morgan fingerprint density at radius 3 is 2.10 bits per heavy atom. The fourth-order valence-electron chi connectivity index (χ4n) is 4.58. The van der Waals surface area contributed by atoms with E-state index in [1.165, 1.54) is 24.3 Å². The number of benzene rings is 2. The fourth-order valence-corrected chi connectivity index (χ4v) is 4.58. The summed E-state index contributed by atoms with van der Waals surface area (Å²) in [5, 5.41) is 102. The van der Waals surface area contributed by atoms with Crippen LogP contribution in [0.4, 0.5) is 0 Å². The standard InChI is InChI=1S/C26H28O16/c27-6-13-16(32)18(34)20(36)26(40-13)41-23-17(33)14-10(29)5-12(8-1-3-9(28)4-2-8)39-22(14)24(21(23)37)42-25-19(35)15(31)11(30)7-38-25/h1-5,11,13,15-16,18-20,25-28,30-37H,6-7H2/t11-,13+,15-,16+,18-,19+,20+,25+,26-/m0/s1. The molecule has 1 aromatic heterocycles. The van der Waals surface area contributed by atoms with Crippen LogP contribution >= 0.6 is 0 Å². The number of aromatic hydroxyl groups is 3. The van der Waals surface area contributed by atoms with Gasteiger partial charge in [0.1, 0.15) is 59.6 Å². The molecule has 10 N–H and O–H groups in total. The molecular weight excluding hydrogens is 568 g/mol. The maximum absolute atomic E-state index is 13.3. The molecule has 9 atom stereocenters. The first kappa shape index (κ1) is 29.8. The minimum atomic E-state index is -1.98. The molecule has 2 aliphatic rings. The molecule has 5 rings (SSSR count). The molecule has 0 unspecified atom stereocenters. The van der Waals surface area contributed by atoms with E-state index in [2.05, 4.69) is 0 Å². The van der Waals surface area contributed by atoms with Crippen molar-refractivity contribution in [3.05, 3.63) is 40.6 Å². The van der Waals surface area contributed by atoms with Gasteiger partial charge in [-0.05, 0) is 24.3 Å². The highest BCUT2D eigenvalue weighted by molar-refractivity contribution is 5.95. The minimum Gasteiger partial charge on any atom is -0.508 e. The van der Waals surface area contributed by atoms with Gasteiger partial charge in [-0.1, -0.05) is 0 Å². The molecule has 2 aliphatic heterocycles. The van der Waals surface area contributed by atoms with Crippen molar-refractivity contribution in [1.82, 2.24) is 0 Å². The number of phenolic OH excluding ortho intramolecular Hbond substituents is 3. The second kappa shape index (κ2) is 11.5. The molecule has 2 saturated heterocycles. The number of rotatable bonds is 6. The normalized spacial score (nSPS) is 31.6. The van der Waals surface area contributed by atoms with Gasteiger partial charge in [-0.2, -0.15) is 0 Å². The maximum Gasteiger partial charge on any atom is 0.229 e. The van der Waals surface area contributed by atoms with Gasteiger partial charge in [-0.25, -0.2) is 0 Å². The summed E-state index contributed by atoms with van der Waals surface area (Å²) in [7, 11) is 0. The number of phenols is 3. The molecule has 16 heteroatoms. The van der Waals surface area contributed by atoms with Gasteiger partial charge in [-0.3, -0.25) is 4.79 Å². The monoisotopic (exact) mass is 596 g/mol. The predicted octanol–water partition coefficient (Wildman–Crippen LogP) is -2.43. The zero-order chi connectivity index (χ0) is 30.5. The van der Waals surface area contributed by atoms with Gasteiger partial charge < -0.3 is 74.4 Å². The SMILES string of the molecule is O=c1cc(-c2ccc(O)cc2)oc2c(O[C@H]3OC[C@H](O)[C@H](O)[C@H]3O)c(O)c(O[C@@H]3O[C@H](CO)[C@@H](O)[C@H](O)[C@H]3O)c(O)c12. The van der Waals surface area contributed by atoms with Crippen molar-refractivity contribution in [2.45, 2.75) is 55.3 Å². The Kier molecular flexibility index (Phi) is 8.17. The van der Waals surface area contributed by atoms with Gasteiger partial charge in [-0.15, -0.1) is 0 Å². The number of ether oxygens (including phenoxy) is 4. The molecule has 3 heterocycles. The number of aliphatic hydroxyl groups excluding tert-OH is 7. The molecule has 0 aliphatic carbocycles. The van der Waals surface area contributed by atoms with Gasteiger partial charge in [0.05, 0.1) is 13.2 Å². The Morgan fingerprint density at radius 1 is 0.786 bits per heavy atom. The van der Waals surface area contributed by atoms with Crippen molar-refractivity contribution in [2.75, 3.05) is 13.2 Å². The third-order valence-corrected chi connectivity index (χ3v) is 6.96. The summed E-state index contributed by atoms with van der Waals surface area (Å²) in [6.45, 7) is -1.32. The van der Waals surface area contributed by atoms with Crippen molar-refractivity contribution >= 4 is 11.0 Å². The maximum atomic E-state index is 13.3. The van der Waals surface area contributed by atoms with Crippen molar-refractivity contribution in [3.63, 3.8) is 0 Å². The van der Waals surface area contributed by atoms with Crippen molar-refractivity contribution < 1.29 is 74.4 Å². The van der Waals surface area contributed by atoms with Crippen LogP contribution in [0.25, 0.3) is 22.3 Å². The van der Waals surface area contributed by atoms with E-state index in [4.69, 9.17) is 23.4 Å². The van der Waals surface area contributed by atoms with Gasteiger partial charge in [0.15, 0.2) is 16.8 Å². The second-order valence-electron chi connectivity index (χ2n) is 9.76. The summed E-state index contributed by atoms with van der Waals surface area (Å²) in [6, 6.07) is 6.40. The summed E-state index contributed by atoms with van der Waals surface area (Å²) >= 11 is 0. The fraction of sp³-hybridized carbons (Fsp3) is 0.423. The van der Waals surface area contributed by atoms with Crippen LogP contribution in [0.2, 0.25) is 0 Å².